The number of halogens is 7. The number of aromatic nitrogens is 4. The number of carbonyl (C=O) groups is 2. The summed E-state index contributed by atoms with van der Waals surface area (Å²) in [6.07, 6.45) is -8.56. The van der Waals surface area contributed by atoms with Crippen molar-refractivity contribution in [1.29, 1.82) is 0 Å². The first-order chi connectivity index (χ1) is 18.2. The van der Waals surface area contributed by atoms with Gasteiger partial charge in [-0.3, -0.25) is 9.59 Å². The maximum Gasteiger partial charge on any atom is 0.433 e. The number of hydrogen-bond acceptors (Lipinski definition) is 7. The number of alkyl halides is 6. The number of primary amides is 1. The average Bonchev–Trinajstić information content (AvgIpc) is 3.56. The highest BCUT2D eigenvalue weighted by Crippen LogP contribution is 2.44. The summed E-state index contributed by atoms with van der Waals surface area (Å²) in [7, 11) is 0. The van der Waals surface area contributed by atoms with Crippen LogP contribution < -0.4 is 11.1 Å². The summed E-state index contributed by atoms with van der Waals surface area (Å²) >= 11 is 6.64. The van der Waals surface area contributed by atoms with Gasteiger partial charge in [0.1, 0.15) is 31.9 Å². The maximum atomic E-state index is 13.6. The van der Waals surface area contributed by atoms with E-state index in [0.29, 0.717) is 28.0 Å². The number of pyridine rings is 1. The fraction of sp³-hybridized carbons (Fsp3) is 0.136. The fourth-order valence-electron chi connectivity index (χ4n) is 3.80. The van der Waals surface area contributed by atoms with Gasteiger partial charge in [-0.05, 0) is 31.2 Å². The highest BCUT2D eigenvalue weighted by Gasteiger charge is 2.37. The largest absolute Gasteiger partial charge is 0.464 e. The molecule has 5 heterocycles. The number of nitrogens with two attached hydrogens (primary N) is 1. The Kier molecular flexibility index (Phi) is 6.06. The topological polar surface area (TPSA) is 128 Å². The first-order valence-corrected chi connectivity index (χ1v) is 11.7. The molecule has 2 amide bonds. The molecule has 9 nitrogen and oxygen atoms in total. The quantitative estimate of drug-likeness (QED) is 0.250. The van der Waals surface area contributed by atoms with Crippen LogP contribution in [0.5, 0.6) is 0 Å². The SMILES string of the molecule is Cc1cc(C(F)(F)F)n2nc(C(=O)Nc3c(C(N)=O)sc4nc(C(F)(F)F)cc(-c5ccco5)c34)c(Cl)c2n1. The smallest absolute Gasteiger partial charge is 0.433 e. The second kappa shape index (κ2) is 8.94. The molecule has 0 aromatic carbocycles. The molecule has 0 aliphatic heterocycles. The summed E-state index contributed by atoms with van der Waals surface area (Å²) in [5.74, 6) is -2.37. The van der Waals surface area contributed by atoms with Crippen molar-refractivity contribution in [3.63, 3.8) is 0 Å². The lowest BCUT2D eigenvalue weighted by Gasteiger charge is -2.10. The van der Waals surface area contributed by atoms with E-state index in [2.05, 4.69) is 20.4 Å². The third-order valence-corrected chi connectivity index (χ3v) is 6.81. The number of nitrogens with one attached hydrogen (secondary N) is 1. The zero-order valence-electron chi connectivity index (χ0n) is 19.0. The second-order valence-corrected chi connectivity index (χ2v) is 9.39. The van der Waals surface area contributed by atoms with Crippen molar-refractivity contribution in [1.82, 2.24) is 19.6 Å². The monoisotopic (exact) mass is 588 g/mol. The molecule has 0 unspecified atom stereocenters. The molecule has 0 atom stereocenters. The molecule has 39 heavy (non-hydrogen) atoms. The molecule has 0 aliphatic rings. The Labute approximate surface area is 221 Å². The number of aryl methyl sites for hydroxylation is 1. The van der Waals surface area contributed by atoms with Crippen LogP contribution in [0.25, 0.3) is 27.2 Å². The Hall–Kier alpha value is -4.18. The molecule has 0 saturated heterocycles. The van der Waals surface area contributed by atoms with E-state index in [1.54, 1.807) is 0 Å². The van der Waals surface area contributed by atoms with Gasteiger partial charge in [-0.15, -0.1) is 11.3 Å². The van der Waals surface area contributed by atoms with E-state index in [0.717, 1.165) is 0 Å². The Morgan fingerprint density at radius 3 is 2.44 bits per heavy atom. The molecule has 0 aliphatic carbocycles. The lowest BCUT2D eigenvalue weighted by molar-refractivity contribution is -0.143. The lowest BCUT2D eigenvalue weighted by Crippen LogP contribution is -2.18. The Balaban J connectivity index is 1.71. The van der Waals surface area contributed by atoms with Gasteiger partial charge in [0.05, 0.1) is 12.0 Å². The van der Waals surface area contributed by atoms with Crippen LogP contribution in [0.4, 0.5) is 32.0 Å². The zero-order valence-corrected chi connectivity index (χ0v) is 20.6. The lowest BCUT2D eigenvalue weighted by atomic mass is 10.1. The number of anilines is 1. The van der Waals surface area contributed by atoms with Crippen LogP contribution in [0.2, 0.25) is 5.02 Å². The van der Waals surface area contributed by atoms with Gasteiger partial charge in [0, 0.05) is 16.6 Å². The predicted octanol–water partition coefficient (Wildman–Crippen LogP) is 5.95. The number of carbonyl (C=O) groups excluding carboxylic acids is 2. The maximum absolute atomic E-state index is 13.6. The van der Waals surface area contributed by atoms with E-state index in [1.165, 1.54) is 25.3 Å². The number of fused-ring (bicyclic) bond motifs is 2. The molecule has 0 saturated carbocycles. The first kappa shape index (κ1) is 26.4. The van der Waals surface area contributed by atoms with Crippen molar-refractivity contribution in [2.45, 2.75) is 19.3 Å². The number of thiophene rings is 1. The van der Waals surface area contributed by atoms with Gasteiger partial charge >= 0.3 is 12.4 Å². The molecule has 5 aromatic rings. The van der Waals surface area contributed by atoms with Crippen LogP contribution in [0.1, 0.15) is 37.2 Å². The highest BCUT2D eigenvalue weighted by atomic mass is 35.5. The van der Waals surface area contributed by atoms with Crippen LogP contribution in [0, 0.1) is 6.92 Å². The van der Waals surface area contributed by atoms with E-state index < -0.39 is 51.9 Å². The standard InChI is InChI=1S/C22H11ClF6N6O3S/c1-7-5-11(22(27,28)29)35-18(31-7)13(23)15(34-35)19(37)33-14-12-8(9-3-2-4-38-9)6-10(21(24,25)26)32-20(12)39-16(14)17(30)36/h2-6H,1H3,(H2,30,36)(H,33,37). The summed E-state index contributed by atoms with van der Waals surface area (Å²) in [5, 5.41) is 5.31. The number of amides is 2. The molecule has 17 heteroatoms. The minimum absolute atomic E-state index is 0.0574. The summed E-state index contributed by atoms with van der Waals surface area (Å²) in [6, 6.07) is 4.11. The third-order valence-electron chi connectivity index (χ3n) is 5.37. The zero-order chi connectivity index (χ0) is 28.4. The molecule has 0 fully saturated rings. The van der Waals surface area contributed by atoms with E-state index in [1.807, 2.05) is 0 Å². The van der Waals surface area contributed by atoms with Crippen LogP contribution in [-0.4, -0.2) is 31.4 Å². The second-order valence-electron chi connectivity index (χ2n) is 8.01. The summed E-state index contributed by atoms with van der Waals surface area (Å²) in [4.78, 5) is 32.2. The molecule has 0 bridgehead atoms. The number of nitrogens with zero attached hydrogens (tertiary/aromatic N) is 4. The van der Waals surface area contributed by atoms with Crippen molar-refractivity contribution >= 4 is 56.3 Å². The summed E-state index contributed by atoms with van der Waals surface area (Å²) in [6.45, 7) is 1.29. The van der Waals surface area contributed by atoms with Crippen molar-refractivity contribution in [2.24, 2.45) is 5.73 Å². The Morgan fingerprint density at radius 2 is 1.85 bits per heavy atom. The Morgan fingerprint density at radius 1 is 1.13 bits per heavy atom. The molecular weight excluding hydrogens is 578 g/mol. The van der Waals surface area contributed by atoms with Gasteiger partial charge in [-0.25, -0.2) is 14.5 Å². The van der Waals surface area contributed by atoms with Gasteiger partial charge in [-0.1, -0.05) is 11.6 Å². The first-order valence-electron chi connectivity index (χ1n) is 10.5. The van der Waals surface area contributed by atoms with E-state index in [-0.39, 0.29) is 37.8 Å². The summed E-state index contributed by atoms with van der Waals surface area (Å²) in [5.41, 5.74) is 1.10. The summed E-state index contributed by atoms with van der Waals surface area (Å²) < 4.78 is 87.0. The van der Waals surface area contributed by atoms with Gasteiger partial charge < -0.3 is 15.5 Å². The minimum atomic E-state index is -4.88. The van der Waals surface area contributed by atoms with Crippen molar-refractivity contribution in [3.8, 4) is 11.3 Å². The number of furan rings is 1. The van der Waals surface area contributed by atoms with Crippen molar-refractivity contribution in [3.05, 3.63) is 63.2 Å². The van der Waals surface area contributed by atoms with Gasteiger partial charge in [0.2, 0.25) is 0 Å². The van der Waals surface area contributed by atoms with Crippen molar-refractivity contribution in [2.75, 3.05) is 5.32 Å². The number of rotatable bonds is 4. The predicted molar refractivity (Wildman–Crippen MR) is 127 cm³/mol. The normalized spacial score (nSPS) is 12.4. The molecule has 202 valence electrons. The van der Waals surface area contributed by atoms with E-state index in [4.69, 9.17) is 21.8 Å². The van der Waals surface area contributed by atoms with Crippen LogP contribution in [0.3, 0.4) is 0 Å². The average molecular weight is 589 g/mol. The molecule has 5 aromatic heterocycles. The molecule has 0 radical (unpaired) electrons. The van der Waals surface area contributed by atoms with E-state index in [9.17, 15) is 35.9 Å². The highest BCUT2D eigenvalue weighted by molar-refractivity contribution is 7.21. The Bertz CT molecular complexity index is 1790. The van der Waals surface area contributed by atoms with Crippen LogP contribution in [-0.2, 0) is 12.4 Å². The van der Waals surface area contributed by atoms with Crippen LogP contribution >= 0.6 is 22.9 Å². The van der Waals surface area contributed by atoms with E-state index >= 15 is 0 Å². The minimum Gasteiger partial charge on any atom is -0.464 e. The number of hydrogen-bond donors (Lipinski definition) is 2. The molecule has 5 rings (SSSR count). The van der Waals surface area contributed by atoms with Gasteiger partial charge in [-0.2, -0.15) is 31.4 Å². The van der Waals surface area contributed by atoms with Crippen molar-refractivity contribution < 1.29 is 40.3 Å². The molecule has 3 N–H and O–H groups in total. The molecular formula is C22H11ClF6N6O3S. The van der Waals surface area contributed by atoms with Gasteiger partial charge in [0.25, 0.3) is 11.8 Å². The molecule has 0 spiro atoms. The van der Waals surface area contributed by atoms with Gasteiger partial charge in [0.15, 0.2) is 11.3 Å². The van der Waals surface area contributed by atoms with Crippen LogP contribution in [0.15, 0.2) is 34.9 Å². The fourth-order valence-corrected chi connectivity index (χ4v) is 5.05. The third kappa shape index (κ3) is 4.54.